The SMILES string of the molecule is CC1=N[N]C(=NC(=O)c2ccccc2C(=O)O)S1. The number of carbonyl (C=O) groups is 2. The van der Waals surface area contributed by atoms with Crippen molar-refractivity contribution in [3.05, 3.63) is 35.4 Å². The lowest BCUT2D eigenvalue weighted by atomic mass is 10.1. The van der Waals surface area contributed by atoms with Gasteiger partial charge in [-0.15, -0.1) is 10.5 Å². The van der Waals surface area contributed by atoms with E-state index in [0.717, 1.165) is 0 Å². The number of aliphatic imine (C=N–C) groups is 1. The number of amidine groups is 1. The molecule has 1 aromatic carbocycles. The van der Waals surface area contributed by atoms with Crippen molar-refractivity contribution in [3.8, 4) is 0 Å². The third-order valence-electron chi connectivity index (χ3n) is 2.10. The Labute approximate surface area is 107 Å². The van der Waals surface area contributed by atoms with E-state index in [4.69, 9.17) is 5.11 Å². The maximum absolute atomic E-state index is 11.9. The van der Waals surface area contributed by atoms with Crippen LogP contribution in [0.1, 0.15) is 27.6 Å². The molecule has 0 unspecified atom stereocenters. The van der Waals surface area contributed by atoms with E-state index in [0.29, 0.717) is 5.04 Å². The number of carboxylic acid groups (broad SMARTS) is 1. The minimum Gasteiger partial charge on any atom is -0.478 e. The van der Waals surface area contributed by atoms with E-state index in [1.165, 1.54) is 23.9 Å². The van der Waals surface area contributed by atoms with Crippen molar-refractivity contribution in [1.82, 2.24) is 5.43 Å². The minimum atomic E-state index is -1.16. The molecule has 18 heavy (non-hydrogen) atoms. The van der Waals surface area contributed by atoms with Gasteiger partial charge in [-0.3, -0.25) is 4.79 Å². The molecule has 91 valence electrons. The van der Waals surface area contributed by atoms with Gasteiger partial charge in [0.1, 0.15) is 5.04 Å². The topological polar surface area (TPSA) is 93.2 Å². The van der Waals surface area contributed by atoms with E-state index >= 15 is 0 Å². The Morgan fingerprint density at radius 3 is 2.50 bits per heavy atom. The molecule has 6 nitrogen and oxygen atoms in total. The Kier molecular flexibility index (Phi) is 3.42. The molecule has 0 aromatic heterocycles. The summed E-state index contributed by atoms with van der Waals surface area (Å²) in [6.45, 7) is 1.74. The fourth-order valence-electron chi connectivity index (χ4n) is 1.33. The third kappa shape index (κ3) is 2.57. The van der Waals surface area contributed by atoms with Crippen molar-refractivity contribution in [2.24, 2.45) is 10.1 Å². The quantitative estimate of drug-likeness (QED) is 0.875. The highest BCUT2D eigenvalue weighted by molar-refractivity contribution is 8.26. The molecule has 2 rings (SSSR count). The molecule has 0 saturated heterocycles. The molecule has 7 heteroatoms. The van der Waals surface area contributed by atoms with E-state index in [1.807, 2.05) is 0 Å². The van der Waals surface area contributed by atoms with Gasteiger partial charge in [-0.2, -0.15) is 4.99 Å². The highest BCUT2D eigenvalue weighted by Crippen LogP contribution is 2.15. The van der Waals surface area contributed by atoms with Crippen molar-refractivity contribution in [2.75, 3.05) is 0 Å². The third-order valence-corrected chi connectivity index (χ3v) is 2.83. The minimum absolute atomic E-state index is 0.0397. The summed E-state index contributed by atoms with van der Waals surface area (Å²) in [4.78, 5) is 26.6. The second-order valence-electron chi connectivity index (χ2n) is 3.37. The molecule has 1 aliphatic rings. The molecule has 0 fully saturated rings. The van der Waals surface area contributed by atoms with Crippen LogP contribution in [0.3, 0.4) is 0 Å². The van der Waals surface area contributed by atoms with Crippen LogP contribution in [0.2, 0.25) is 0 Å². The summed E-state index contributed by atoms with van der Waals surface area (Å²) in [7, 11) is 0. The zero-order valence-corrected chi connectivity index (χ0v) is 10.1. The van der Waals surface area contributed by atoms with Crippen LogP contribution in [0.25, 0.3) is 0 Å². The fourth-order valence-corrected chi connectivity index (χ4v) is 1.89. The number of rotatable bonds is 2. The standard InChI is InChI=1S/C11H8N3O3S/c1-6-13-14-11(18-6)12-9(15)7-4-2-3-5-8(7)10(16)17/h2-5H,1H3,(H,16,17). The maximum atomic E-state index is 11.9. The van der Waals surface area contributed by atoms with E-state index in [9.17, 15) is 9.59 Å². The Morgan fingerprint density at radius 1 is 1.28 bits per heavy atom. The first-order chi connectivity index (χ1) is 8.58. The molecule has 0 aliphatic carbocycles. The number of hydrogen-bond acceptors (Lipinski definition) is 4. The smallest absolute Gasteiger partial charge is 0.336 e. The number of amides is 1. The number of thioether (sulfide) groups is 1. The largest absolute Gasteiger partial charge is 0.478 e. The van der Waals surface area contributed by atoms with Crippen LogP contribution >= 0.6 is 11.8 Å². The van der Waals surface area contributed by atoms with Crippen molar-refractivity contribution >= 4 is 33.8 Å². The zero-order valence-electron chi connectivity index (χ0n) is 9.32. The van der Waals surface area contributed by atoms with Crippen LogP contribution in [-0.4, -0.2) is 27.2 Å². The molecule has 0 saturated carbocycles. The first-order valence-electron chi connectivity index (χ1n) is 4.96. The Morgan fingerprint density at radius 2 is 1.94 bits per heavy atom. The lowest BCUT2D eigenvalue weighted by molar-refractivity contribution is 0.0692. The molecular weight excluding hydrogens is 254 g/mol. The predicted molar refractivity (Wildman–Crippen MR) is 68.0 cm³/mol. The molecule has 0 bridgehead atoms. The number of hydrogen-bond donors (Lipinski definition) is 1. The summed E-state index contributed by atoms with van der Waals surface area (Å²) >= 11 is 1.17. The molecule has 0 atom stereocenters. The average Bonchev–Trinajstić information content (AvgIpc) is 2.74. The van der Waals surface area contributed by atoms with E-state index in [1.54, 1.807) is 19.1 Å². The zero-order chi connectivity index (χ0) is 13.1. The average molecular weight is 262 g/mol. The van der Waals surface area contributed by atoms with Gasteiger partial charge in [-0.25, -0.2) is 4.79 Å². The normalized spacial score (nSPS) is 16.3. The molecule has 1 amide bonds. The Hall–Kier alpha value is -2.15. The van der Waals surface area contributed by atoms with Crippen molar-refractivity contribution < 1.29 is 14.7 Å². The Bertz CT molecular complexity index is 581. The van der Waals surface area contributed by atoms with E-state index in [-0.39, 0.29) is 16.3 Å². The van der Waals surface area contributed by atoms with Crippen LogP contribution in [-0.2, 0) is 0 Å². The molecule has 1 heterocycles. The maximum Gasteiger partial charge on any atom is 0.336 e. The highest BCUT2D eigenvalue weighted by atomic mass is 32.2. The van der Waals surface area contributed by atoms with E-state index < -0.39 is 11.9 Å². The van der Waals surface area contributed by atoms with Crippen molar-refractivity contribution in [3.63, 3.8) is 0 Å². The van der Waals surface area contributed by atoms with Gasteiger partial charge in [-0.1, -0.05) is 12.1 Å². The van der Waals surface area contributed by atoms with E-state index in [2.05, 4.69) is 15.5 Å². The van der Waals surface area contributed by atoms with Gasteiger partial charge in [0.05, 0.1) is 11.1 Å². The Balaban J connectivity index is 2.28. The molecule has 1 radical (unpaired) electrons. The van der Waals surface area contributed by atoms with Gasteiger partial charge in [0.2, 0.25) is 5.17 Å². The lowest BCUT2D eigenvalue weighted by Gasteiger charge is -2.01. The van der Waals surface area contributed by atoms with Gasteiger partial charge >= 0.3 is 5.97 Å². The van der Waals surface area contributed by atoms with Crippen LogP contribution in [0.4, 0.5) is 0 Å². The van der Waals surface area contributed by atoms with Crippen molar-refractivity contribution in [2.45, 2.75) is 6.92 Å². The van der Waals surface area contributed by atoms with Gasteiger partial charge in [0, 0.05) is 0 Å². The molecule has 1 aromatic rings. The first-order valence-corrected chi connectivity index (χ1v) is 5.78. The van der Waals surface area contributed by atoms with Crippen LogP contribution in [0, 0.1) is 0 Å². The van der Waals surface area contributed by atoms with Crippen LogP contribution in [0.5, 0.6) is 0 Å². The van der Waals surface area contributed by atoms with Gasteiger partial charge < -0.3 is 5.11 Å². The molecule has 0 spiro atoms. The second kappa shape index (κ2) is 5.01. The van der Waals surface area contributed by atoms with Crippen molar-refractivity contribution in [1.29, 1.82) is 0 Å². The van der Waals surface area contributed by atoms with Gasteiger partial charge in [-0.05, 0) is 30.8 Å². The van der Waals surface area contributed by atoms with Crippen LogP contribution in [0.15, 0.2) is 34.4 Å². The highest BCUT2D eigenvalue weighted by Gasteiger charge is 2.18. The summed E-state index contributed by atoms with van der Waals surface area (Å²) < 4.78 is 0. The lowest BCUT2D eigenvalue weighted by Crippen LogP contribution is -2.10. The van der Waals surface area contributed by atoms with Crippen LogP contribution < -0.4 is 5.43 Å². The summed E-state index contributed by atoms with van der Waals surface area (Å²) in [6, 6.07) is 5.91. The number of aromatic carboxylic acids is 1. The second-order valence-corrected chi connectivity index (χ2v) is 4.53. The summed E-state index contributed by atoms with van der Waals surface area (Å²) in [5, 5.41) is 13.6. The number of carbonyl (C=O) groups excluding carboxylic acids is 1. The first kappa shape index (κ1) is 12.3. The molecule has 1 N–H and O–H groups in total. The number of nitrogens with zero attached hydrogens (tertiary/aromatic N) is 3. The number of benzene rings is 1. The predicted octanol–water partition coefficient (Wildman–Crippen LogP) is 1.57. The van der Waals surface area contributed by atoms with Gasteiger partial charge in [0.25, 0.3) is 5.91 Å². The summed E-state index contributed by atoms with van der Waals surface area (Å²) in [5.41, 5.74) is 3.65. The molecule has 1 aliphatic heterocycles. The van der Waals surface area contributed by atoms with Gasteiger partial charge in [0.15, 0.2) is 0 Å². The molecular formula is C11H8N3O3S. The summed E-state index contributed by atoms with van der Waals surface area (Å²) in [5.74, 6) is -1.80. The monoisotopic (exact) mass is 262 g/mol. The number of carboxylic acids is 1. The fraction of sp³-hybridized carbons (Fsp3) is 0.0909. The summed E-state index contributed by atoms with van der Waals surface area (Å²) in [6.07, 6.45) is 0.